The van der Waals surface area contributed by atoms with Gasteiger partial charge in [-0.3, -0.25) is 0 Å². The van der Waals surface area contributed by atoms with Crippen LogP contribution in [0.2, 0.25) is 0 Å². The van der Waals surface area contributed by atoms with E-state index < -0.39 is 0 Å². The second kappa shape index (κ2) is 6.85. The van der Waals surface area contributed by atoms with E-state index in [1.807, 2.05) is 30.3 Å². The van der Waals surface area contributed by atoms with Crippen LogP contribution in [0.5, 0.6) is 11.5 Å². The number of fused-ring (bicyclic) bond motifs is 2. The Balaban J connectivity index is 1.56. The fourth-order valence-corrected chi connectivity index (χ4v) is 3.38. The molecule has 0 unspecified atom stereocenters. The standard InChI is InChI=1S/C23H19N3O2/c1-15-6-8-16(9-7-15)22-18-4-2-3-5-19(18)23(26-25-22)24-17-10-11-20-21(14-17)28-13-12-27-20/h2-11,14H,12-13H2,1H3,(H,24,26). The number of aromatic nitrogens is 2. The van der Waals surface area contributed by atoms with Crippen LogP contribution in [-0.2, 0) is 0 Å². The van der Waals surface area contributed by atoms with Crippen LogP contribution < -0.4 is 14.8 Å². The van der Waals surface area contributed by atoms with Crippen LogP contribution in [0, 0.1) is 6.92 Å². The van der Waals surface area contributed by atoms with Crippen LogP contribution in [0.3, 0.4) is 0 Å². The van der Waals surface area contributed by atoms with Crippen molar-refractivity contribution in [2.75, 3.05) is 18.5 Å². The highest BCUT2D eigenvalue weighted by Gasteiger charge is 2.14. The molecule has 0 radical (unpaired) electrons. The van der Waals surface area contributed by atoms with E-state index in [0.29, 0.717) is 19.0 Å². The van der Waals surface area contributed by atoms with Crippen molar-refractivity contribution in [1.82, 2.24) is 10.2 Å². The van der Waals surface area contributed by atoms with Gasteiger partial charge in [0.15, 0.2) is 17.3 Å². The fraction of sp³-hybridized carbons (Fsp3) is 0.130. The second-order valence-electron chi connectivity index (χ2n) is 6.79. The van der Waals surface area contributed by atoms with Crippen molar-refractivity contribution in [2.45, 2.75) is 6.92 Å². The minimum Gasteiger partial charge on any atom is -0.486 e. The third kappa shape index (κ3) is 3.01. The number of hydrogen-bond donors (Lipinski definition) is 1. The zero-order valence-electron chi connectivity index (χ0n) is 15.5. The summed E-state index contributed by atoms with van der Waals surface area (Å²) >= 11 is 0. The van der Waals surface area contributed by atoms with Gasteiger partial charge in [-0.05, 0) is 19.1 Å². The summed E-state index contributed by atoms with van der Waals surface area (Å²) in [7, 11) is 0. The molecule has 0 saturated carbocycles. The molecule has 0 bridgehead atoms. The number of nitrogens with one attached hydrogen (secondary N) is 1. The molecule has 0 spiro atoms. The van der Waals surface area contributed by atoms with E-state index in [2.05, 4.69) is 58.8 Å². The van der Waals surface area contributed by atoms with E-state index in [0.717, 1.165) is 39.2 Å². The quantitative estimate of drug-likeness (QED) is 0.543. The van der Waals surface area contributed by atoms with E-state index in [1.54, 1.807) is 0 Å². The number of anilines is 2. The summed E-state index contributed by atoms with van der Waals surface area (Å²) in [6, 6.07) is 22.3. The smallest absolute Gasteiger partial charge is 0.163 e. The van der Waals surface area contributed by atoms with Gasteiger partial charge in [-0.15, -0.1) is 10.2 Å². The van der Waals surface area contributed by atoms with Crippen molar-refractivity contribution in [3.05, 3.63) is 72.3 Å². The number of benzene rings is 3. The number of aryl methyl sites for hydroxylation is 1. The molecule has 1 aliphatic rings. The SMILES string of the molecule is Cc1ccc(-c2nnc(Nc3ccc4c(c3)OCCO4)c3ccccc23)cc1. The van der Waals surface area contributed by atoms with Gasteiger partial charge in [-0.25, -0.2) is 0 Å². The molecule has 4 aromatic rings. The first-order chi connectivity index (χ1) is 13.8. The lowest BCUT2D eigenvalue weighted by atomic mass is 10.0. The lowest BCUT2D eigenvalue weighted by Crippen LogP contribution is -2.15. The Morgan fingerprint density at radius 1 is 0.786 bits per heavy atom. The average Bonchev–Trinajstić information content (AvgIpc) is 2.75. The van der Waals surface area contributed by atoms with E-state index >= 15 is 0 Å². The zero-order chi connectivity index (χ0) is 18.9. The van der Waals surface area contributed by atoms with E-state index in [1.165, 1.54) is 5.56 Å². The predicted octanol–water partition coefficient (Wildman–Crippen LogP) is 5.12. The van der Waals surface area contributed by atoms with Gasteiger partial charge in [0, 0.05) is 28.1 Å². The van der Waals surface area contributed by atoms with Gasteiger partial charge < -0.3 is 14.8 Å². The highest BCUT2D eigenvalue weighted by atomic mass is 16.6. The summed E-state index contributed by atoms with van der Waals surface area (Å²) in [4.78, 5) is 0. The molecular formula is C23H19N3O2. The second-order valence-corrected chi connectivity index (χ2v) is 6.79. The molecule has 5 heteroatoms. The van der Waals surface area contributed by atoms with E-state index in [-0.39, 0.29) is 0 Å². The van der Waals surface area contributed by atoms with Crippen molar-refractivity contribution >= 4 is 22.3 Å². The highest BCUT2D eigenvalue weighted by Crippen LogP contribution is 2.35. The molecule has 5 rings (SSSR count). The van der Waals surface area contributed by atoms with Crippen molar-refractivity contribution in [1.29, 1.82) is 0 Å². The lowest BCUT2D eigenvalue weighted by molar-refractivity contribution is 0.171. The molecule has 1 aliphatic heterocycles. The first kappa shape index (κ1) is 16.6. The molecule has 3 aromatic carbocycles. The summed E-state index contributed by atoms with van der Waals surface area (Å²) in [5.74, 6) is 2.22. The maximum Gasteiger partial charge on any atom is 0.163 e. The summed E-state index contributed by atoms with van der Waals surface area (Å²) in [6.45, 7) is 3.22. The van der Waals surface area contributed by atoms with Crippen molar-refractivity contribution in [3.63, 3.8) is 0 Å². The average molecular weight is 369 g/mol. The molecule has 0 saturated heterocycles. The largest absolute Gasteiger partial charge is 0.486 e. The monoisotopic (exact) mass is 369 g/mol. The molecule has 0 atom stereocenters. The topological polar surface area (TPSA) is 56.3 Å². The van der Waals surface area contributed by atoms with Gasteiger partial charge in [0.25, 0.3) is 0 Å². The van der Waals surface area contributed by atoms with Gasteiger partial charge in [0.2, 0.25) is 0 Å². The first-order valence-electron chi connectivity index (χ1n) is 9.27. The van der Waals surface area contributed by atoms with Crippen LogP contribution >= 0.6 is 0 Å². The van der Waals surface area contributed by atoms with Crippen LogP contribution in [-0.4, -0.2) is 23.4 Å². The number of nitrogens with zero attached hydrogens (tertiary/aromatic N) is 2. The van der Waals surface area contributed by atoms with Gasteiger partial charge >= 0.3 is 0 Å². The van der Waals surface area contributed by atoms with Crippen molar-refractivity contribution < 1.29 is 9.47 Å². The maximum absolute atomic E-state index is 5.67. The number of ether oxygens (including phenoxy) is 2. The van der Waals surface area contributed by atoms with Gasteiger partial charge in [-0.1, -0.05) is 54.1 Å². The predicted molar refractivity (Wildman–Crippen MR) is 110 cm³/mol. The Morgan fingerprint density at radius 2 is 1.54 bits per heavy atom. The zero-order valence-corrected chi connectivity index (χ0v) is 15.5. The molecule has 0 fully saturated rings. The van der Waals surface area contributed by atoms with Gasteiger partial charge in [0.1, 0.15) is 18.9 Å². The Kier molecular flexibility index (Phi) is 4.05. The third-order valence-electron chi connectivity index (χ3n) is 4.82. The fourth-order valence-electron chi connectivity index (χ4n) is 3.38. The molecule has 28 heavy (non-hydrogen) atoms. The minimum absolute atomic E-state index is 0.560. The molecule has 1 aromatic heterocycles. The molecule has 138 valence electrons. The van der Waals surface area contributed by atoms with Crippen LogP contribution in [0.25, 0.3) is 22.0 Å². The molecular weight excluding hydrogens is 350 g/mol. The Bertz CT molecular complexity index is 1160. The molecule has 1 N–H and O–H groups in total. The number of rotatable bonds is 3. The van der Waals surface area contributed by atoms with Crippen LogP contribution in [0.15, 0.2) is 66.7 Å². The van der Waals surface area contributed by atoms with E-state index in [4.69, 9.17) is 9.47 Å². The molecule has 0 aliphatic carbocycles. The molecule has 0 amide bonds. The van der Waals surface area contributed by atoms with Gasteiger partial charge in [-0.2, -0.15) is 0 Å². The lowest BCUT2D eigenvalue weighted by Gasteiger charge is -2.19. The minimum atomic E-state index is 0.560. The first-order valence-corrected chi connectivity index (χ1v) is 9.27. The third-order valence-corrected chi connectivity index (χ3v) is 4.82. The van der Waals surface area contributed by atoms with Gasteiger partial charge in [0.05, 0.1) is 0 Å². The summed E-state index contributed by atoms with van der Waals surface area (Å²) in [6.07, 6.45) is 0. The Hall–Kier alpha value is -3.60. The van der Waals surface area contributed by atoms with Crippen LogP contribution in [0.1, 0.15) is 5.56 Å². The van der Waals surface area contributed by atoms with E-state index in [9.17, 15) is 0 Å². The summed E-state index contributed by atoms with van der Waals surface area (Å²) < 4.78 is 11.3. The highest BCUT2D eigenvalue weighted by molar-refractivity contribution is 6.00. The normalized spacial score (nSPS) is 12.8. The number of hydrogen-bond acceptors (Lipinski definition) is 5. The van der Waals surface area contributed by atoms with Crippen LogP contribution in [0.4, 0.5) is 11.5 Å². The maximum atomic E-state index is 5.67. The Morgan fingerprint density at radius 3 is 2.36 bits per heavy atom. The molecule has 5 nitrogen and oxygen atoms in total. The summed E-state index contributed by atoms with van der Waals surface area (Å²) in [5.41, 5.74) is 4.04. The summed E-state index contributed by atoms with van der Waals surface area (Å²) in [5, 5.41) is 14.5. The Labute approximate surface area is 163 Å². The van der Waals surface area contributed by atoms with Crippen molar-refractivity contribution in [3.8, 4) is 22.8 Å². The van der Waals surface area contributed by atoms with Crippen molar-refractivity contribution in [2.24, 2.45) is 0 Å². The molecule has 2 heterocycles.